The topological polar surface area (TPSA) is 34.0 Å². The predicted octanol–water partition coefficient (Wildman–Crippen LogP) is 4.97. The quantitative estimate of drug-likeness (QED) is 0.683. The summed E-state index contributed by atoms with van der Waals surface area (Å²) in [7, 11) is 0. The molecular formula is C19H17F3N2OS. The number of aromatic nitrogens is 1. The van der Waals surface area contributed by atoms with Crippen molar-refractivity contribution < 1.29 is 18.0 Å². The summed E-state index contributed by atoms with van der Waals surface area (Å²) in [5.74, 6) is -0.125. The number of alkyl halides is 3. The third-order valence-corrected chi connectivity index (χ3v) is 5.47. The molecule has 1 aromatic carbocycles. The lowest BCUT2D eigenvalue weighted by Gasteiger charge is -2.12. The van der Waals surface area contributed by atoms with Gasteiger partial charge in [0, 0.05) is 17.5 Å². The molecule has 1 fully saturated rings. The number of thiophene rings is 1. The van der Waals surface area contributed by atoms with Crippen LogP contribution in [0.2, 0.25) is 0 Å². The summed E-state index contributed by atoms with van der Waals surface area (Å²) in [6, 6.07) is 9.23. The van der Waals surface area contributed by atoms with E-state index in [1.54, 1.807) is 11.3 Å². The molecule has 0 aliphatic heterocycles. The van der Waals surface area contributed by atoms with Crippen LogP contribution in [-0.2, 0) is 12.7 Å². The average Bonchev–Trinajstić information content (AvgIpc) is 3.22. The fraction of sp³-hybridized carbons (Fsp3) is 0.316. The number of benzene rings is 1. The van der Waals surface area contributed by atoms with E-state index in [9.17, 15) is 18.0 Å². The molecule has 0 radical (unpaired) electrons. The molecule has 0 saturated heterocycles. The van der Waals surface area contributed by atoms with Crippen LogP contribution in [0.15, 0.2) is 36.4 Å². The minimum atomic E-state index is -4.35. The fourth-order valence-electron chi connectivity index (χ4n) is 2.99. The zero-order valence-corrected chi connectivity index (χ0v) is 14.9. The molecule has 0 atom stereocenters. The van der Waals surface area contributed by atoms with Crippen molar-refractivity contribution >= 4 is 27.5 Å². The normalized spacial score (nSPS) is 14.8. The Hall–Kier alpha value is -2.28. The standard InChI is InChI=1S/C19H17F3N2OS/c1-11-8-15-17(26-11)9-16(18(25)23-14-6-7-14)24(15)10-12-2-4-13(5-3-12)19(20,21)22/h2-5,8-9,14H,6-7,10H2,1H3,(H,23,25). The van der Waals surface area contributed by atoms with Gasteiger partial charge in [0.1, 0.15) is 5.69 Å². The predicted molar refractivity (Wildman–Crippen MR) is 95.6 cm³/mol. The molecule has 3 aromatic rings. The summed E-state index contributed by atoms with van der Waals surface area (Å²) >= 11 is 1.61. The zero-order valence-electron chi connectivity index (χ0n) is 14.1. The van der Waals surface area contributed by atoms with Gasteiger partial charge in [-0.3, -0.25) is 4.79 Å². The molecule has 1 amide bonds. The second-order valence-corrected chi connectivity index (χ2v) is 7.95. The van der Waals surface area contributed by atoms with Crippen molar-refractivity contribution in [2.24, 2.45) is 0 Å². The Balaban J connectivity index is 1.68. The van der Waals surface area contributed by atoms with E-state index < -0.39 is 11.7 Å². The second-order valence-electron chi connectivity index (χ2n) is 6.66. The number of carbonyl (C=O) groups excluding carboxylic acids is 1. The van der Waals surface area contributed by atoms with Gasteiger partial charge in [-0.15, -0.1) is 11.3 Å². The molecule has 1 N–H and O–H groups in total. The number of aryl methyl sites for hydroxylation is 1. The van der Waals surface area contributed by atoms with Gasteiger partial charge in [0.2, 0.25) is 0 Å². The number of nitrogens with zero attached hydrogens (tertiary/aromatic N) is 1. The van der Waals surface area contributed by atoms with Crippen LogP contribution in [0.25, 0.3) is 10.2 Å². The molecule has 136 valence electrons. The Bertz CT molecular complexity index is 965. The molecule has 2 aromatic heterocycles. The van der Waals surface area contributed by atoms with Crippen LogP contribution in [0.5, 0.6) is 0 Å². The van der Waals surface area contributed by atoms with E-state index in [2.05, 4.69) is 5.32 Å². The van der Waals surface area contributed by atoms with Gasteiger partial charge in [-0.05, 0) is 49.6 Å². The molecule has 0 spiro atoms. The summed E-state index contributed by atoms with van der Waals surface area (Å²) in [4.78, 5) is 13.7. The first-order valence-corrected chi connectivity index (χ1v) is 9.19. The van der Waals surface area contributed by atoms with Gasteiger partial charge >= 0.3 is 6.18 Å². The Morgan fingerprint density at radius 1 is 1.23 bits per heavy atom. The second kappa shape index (κ2) is 6.16. The highest BCUT2D eigenvalue weighted by molar-refractivity contribution is 7.19. The van der Waals surface area contributed by atoms with Gasteiger partial charge in [-0.1, -0.05) is 12.1 Å². The van der Waals surface area contributed by atoms with E-state index in [0.29, 0.717) is 12.2 Å². The van der Waals surface area contributed by atoms with E-state index in [-0.39, 0.29) is 11.9 Å². The first-order chi connectivity index (χ1) is 12.3. The van der Waals surface area contributed by atoms with Crippen molar-refractivity contribution in [3.63, 3.8) is 0 Å². The van der Waals surface area contributed by atoms with E-state index in [1.807, 2.05) is 23.6 Å². The summed E-state index contributed by atoms with van der Waals surface area (Å²) < 4.78 is 41.1. The maximum Gasteiger partial charge on any atom is 0.416 e. The summed E-state index contributed by atoms with van der Waals surface area (Å²) in [5.41, 5.74) is 1.54. The Kier molecular flexibility index (Phi) is 4.06. The number of rotatable bonds is 4. The number of nitrogens with one attached hydrogen (secondary N) is 1. The molecule has 0 bridgehead atoms. The van der Waals surface area contributed by atoms with E-state index in [0.717, 1.165) is 45.6 Å². The molecule has 1 aliphatic carbocycles. The summed E-state index contributed by atoms with van der Waals surface area (Å²) in [6.07, 6.45) is -2.35. The van der Waals surface area contributed by atoms with Crippen molar-refractivity contribution in [3.8, 4) is 0 Å². The van der Waals surface area contributed by atoms with Gasteiger partial charge in [0.05, 0.1) is 15.8 Å². The van der Waals surface area contributed by atoms with Crippen molar-refractivity contribution in [2.45, 2.75) is 38.5 Å². The highest BCUT2D eigenvalue weighted by atomic mass is 32.1. The van der Waals surface area contributed by atoms with Crippen molar-refractivity contribution in [2.75, 3.05) is 0 Å². The third-order valence-electron chi connectivity index (χ3n) is 4.48. The molecular weight excluding hydrogens is 361 g/mol. The van der Waals surface area contributed by atoms with Gasteiger partial charge < -0.3 is 9.88 Å². The van der Waals surface area contributed by atoms with E-state index in [4.69, 9.17) is 0 Å². The number of hydrogen-bond donors (Lipinski definition) is 1. The summed E-state index contributed by atoms with van der Waals surface area (Å²) in [5, 5.41) is 2.99. The van der Waals surface area contributed by atoms with Gasteiger partial charge in [-0.25, -0.2) is 0 Å². The maximum atomic E-state index is 12.7. The zero-order chi connectivity index (χ0) is 18.5. The Morgan fingerprint density at radius 3 is 2.54 bits per heavy atom. The number of amides is 1. The maximum absolute atomic E-state index is 12.7. The SMILES string of the molecule is Cc1cc2c(cc(C(=O)NC3CC3)n2Cc2ccc(C(F)(F)F)cc2)s1. The number of fused-ring (bicyclic) bond motifs is 1. The van der Waals surface area contributed by atoms with Crippen molar-refractivity contribution in [3.05, 3.63) is 58.1 Å². The highest BCUT2D eigenvalue weighted by Crippen LogP contribution is 2.32. The number of halogens is 3. The smallest absolute Gasteiger partial charge is 0.348 e. The van der Waals surface area contributed by atoms with Crippen LogP contribution in [0, 0.1) is 6.92 Å². The molecule has 2 heterocycles. The Morgan fingerprint density at radius 2 is 1.92 bits per heavy atom. The lowest BCUT2D eigenvalue weighted by atomic mass is 10.1. The largest absolute Gasteiger partial charge is 0.416 e. The lowest BCUT2D eigenvalue weighted by molar-refractivity contribution is -0.137. The van der Waals surface area contributed by atoms with Crippen LogP contribution >= 0.6 is 11.3 Å². The van der Waals surface area contributed by atoms with Gasteiger partial charge in [0.15, 0.2) is 0 Å². The highest BCUT2D eigenvalue weighted by Gasteiger charge is 2.30. The van der Waals surface area contributed by atoms with Crippen LogP contribution < -0.4 is 5.32 Å². The molecule has 4 rings (SSSR count). The number of hydrogen-bond acceptors (Lipinski definition) is 2. The van der Waals surface area contributed by atoms with Gasteiger partial charge in [0.25, 0.3) is 5.91 Å². The van der Waals surface area contributed by atoms with E-state index in [1.165, 1.54) is 12.1 Å². The van der Waals surface area contributed by atoms with E-state index >= 15 is 0 Å². The fourth-order valence-corrected chi connectivity index (χ4v) is 3.95. The third kappa shape index (κ3) is 3.35. The molecule has 1 aliphatic rings. The average molecular weight is 378 g/mol. The van der Waals surface area contributed by atoms with Crippen molar-refractivity contribution in [1.82, 2.24) is 9.88 Å². The minimum Gasteiger partial charge on any atom is -0.348 e. The molecule has 26 heavy (non-hydrogen) atoms. The molecule has 0 unspecified atom stereocenters. The number of carbonyl (C=O) groups is 1. The lowest BCUT2D eigenvalue weighted by Crippen LogP contribution is -2.27. The van der Waals surface area contributed by atoms with Crippen LogP contribution in [0.3, 0.4) is 0 Å². The van der Waals surface area contributed by atoms with Crippen molar-refractivity contribution in [1.29, 1.82) is 0 Å². The molecule has 1 saturated carbocycles. The molecule has 3 nitrogen and oxygen atoms in total. The van der Waals surface area contributed by atoms with Crippen LogP contribution in [0.1, 0.15) is 39.3 Å². The monoisotopic (exact) mass is 378 g/mol. The minimum absolute atomic E-state index is 0.125. The van der Waals surface area contributed by atoms with Crippen LogP contribution in [-0.4, -0.2) is 16.5 Å². The first-order valence-electron chi connectivity index (χ1n) is 8.38. The summed E-state index contributed by atoms with van der Waals surface area (Å²) in [6.45, 7) is 2.35. The molecule has 7 heteroatoms. The van der Waals surface area contributed by atoms with Gasteiger partial charge in [-0.2, -0.15) is 13.2 Å². The first kappa shape index (κ1) is 17.1. The van der Waals surface area contributed by atoms with Crippen LogP contribution in [0.4, 0.5) is 13.2 Å². The Labute approximate surface area is 152 Å².